The molecule has 0 aromatic carbocycles. The fourth-order valence-electron chi connectivity index (χ4n) is 0.352. The van der Waals surface area contributed by atoms with Crippen LogP contribution < -0.4 is 0 Å². The zero-order valence-electron chi connectivity index (χ0n) is 4.20. The van der Waals surface area contributed by atoms with Crippen molar-refractivity contribution in [3.05, 3.63) is 37.4 Å². The molecule has 0 spiro atoms. The molecule has 1 aromatic rings. The number of hydrogen-bond acceptors (Lipinski definition) is 2. The summed E-state index contributed by atoms with van der Waals surface area (Å²) in [6, 6.07) is 1.60. The first-order valence-corrected chi connectivity index (χ1v) is 2.13. The normalized spacial score (nSPS) is 9.25. The summed E-state index contributed by atoms with van der Waals surface area (Å²) >= 11 is 0. The SMILES string of the molecule is [CH]c1ccnnc1[CH]. The summed E-state index contributed by atoms with van der Waals surface area (Å²) in [5.41, 5.74) is 0.757. The van der Waals surface area contributed by atoms with Gasteiger partial charge in [-0.1, -0.05) is 0 Å². The van der Waals surface area contributed by atoms with E-state index in [-0.39, 0.29) is 5.69 Å². The number of rotatable bonds is 0. The highest BCUT2D eigenvalue weighted by Crippen LogP contribution is 1.96. The van der Waals surface area contributed by atoms with Crippen LogP contribution in [0.4, 0.5) is 0 Å². The zero-order valence-corrected chi connectivity index (χ0v) is 4.20. The maximum absolute atomic E-state index is 5.29. The van der Waals surface area contributed by atoms with E-state index in [0.717, 1.165) is 0 Å². The van der Waals surface area contributed by atoms with Crippen LogP contribution in [0.3, 0.4) is 0 Å². The van der Waals surface area contributed by atoms with E-state index in [1.54, 1.807) is 6.07 Å². The molecule has 2 nitrogen and oxygen atoms in total. The monoisotopic (exact) mass is 104 g/mol. The molecule has 0 N–H and O–H groups in total. The molecule has 0 aliphatic rings. The Morgan fingerprint density at radius 3 is 2.50 bits per heavy atom. The van der Waals surface area contributed by atoms with Gasteiger partial charge in [-0.05, 0) is 11.6 Å². The minimum atomic E-state index is 0.285. The van der Waals surface area contributed by atoms with E-state index in [0.29, 0.717) is 5.56 Å². The maximum Gasteiger partial charge on any atom is 0.0711 e. The molecule has 0 saturated carbocycles. The lowest BCUT2D eigenvalue weighted by Crippen LogP contribution is -1.86. The van der Waals surface area contributed by atoms with Crippen LogP contribution in [0.25, 0.3) is 0 Å². The highest BCUT2D eigenvalue weighted by atomic mass is 15.1. The number of aromatic nitrogens is 2. The minimum absolute atomic E-state index is 0.285. The van der Waals surface area contributed by atoms with E-state index in [2.05, 4.69) is 10.2 Å². The van der Waals surface area contributed by atoms with Crippen molar-refractivity contribution in [3.8, 4) is 0 Å². The van der Waals surface area contributed by atoms with Gasteiger partial charge in [0.15, 0.2) is 0 Å². The van der Waals surface area contributed by atoms with Gasteiger partial charge in [-0.2, -0.15) is 10.2 Å². The lowest BCUT2D eigenvalue weighted by Gasteiger charge is -1.90. The van der Waals surface area contributed by atoms with Gasteiger partial charge >= 0.3 is 0 Å². The maximum atomic E-state index is 5.29. The Labute approximate surface area is 48.6 Å². The average Bonchev–Trinajstić information content (AvgIpc) is 1.77. The summed E-state index contributed by atoms with van der Waals surface area (Å²) in [6.45, 7) is 10.5. The molecule has 2 heteroatoms. The highest BCUT2D eigenvalue weighted by Gasteiger charge is 1.88. The smallest absolute Gasteiger partial charge is 0.0711 e. The molecule has 1 rings (SSSR count). The van der Waals surface area contributed by atoms with Gasteiger partial charge in [0.1, 0.15) is 0 Å². The second kappa shape index (κ2) is 1.90. The third-order valence-corrected chi connectivity index (χ3v) is 0.782. The molecule has 38 valence electrons. The number of hydrogen-bond donors (Lipinski definition) is 0. The Balaban J connectivity index is 3.13. The van der Waals surface area contributed by atoms with Gasteiger partial charge in [-0.3, -0.25) is 0 Å². The molecular formula is C6H4N2. The first-order chi connectivity index (χ1) is 3.80. The molecule has 0 saturated heterocycles. The Morgan fingerprint density at radius 2 is 2.12 bits per heavy atom. The molecule has 0 unspecified atom stereocenters. The molecule has 0 atom stereocenters. The van der Waals surface area contributed by atoms with Gasteiger partial charge in [0.05, 0.1) is 5.69 Å². The van der Waals surface area contributed by atoms with Crippen LogP contribution in [-0.4, -0.2) is 10.2 Å². The van der Waals surface area contributed by atoms with Crippen LogP contribution in [0.2, 0.25) is 0 Å². The largest absolute Gasteiger partial charge is 0.159 e. The summed E-state index contributed by atoms with van der Waals surface area (Å²) in [5.74, 6) is 0. The zero-order chi connectivity index (χ0) is 5.98. The molecule has 1 heterocycles. The summed E-state index contributed by atoms with van der Waals surface area (Å²) in [6.07, 6.45) is 1.49. The fraction of sp³-hybridized carbons (Fsp3) is 0. The van der Waals surface area contributed by atoms with Gasteiger partial charge < -0.3 is 0 Å². The standard InChI is InChI=1S/C6H4N2/c1-5-3-4-7-8-6(5)2/h1-4H. The summed E-state index contributed by atoms with van der Waals surface area (Å²) < 4.78 is 0. The lowest BCUT2D eigenvalue weighted by molar-refractivity contribution is 0.997. The Bertz CT molecular complexity index is 163. The third kappa shape index (κ3) is 0.832. The first kappa shape index (κ1) is 5.22. The molecule has 0 fully saturated rings. The van der Waals surface area contributed by atoms with Crippen LogP contribution in [0.15, 0.2) is 12.3 Å². The predicted molar refractivity (Wildman–Crippen MR) is 28.8 cm³/mol. The quantitative estimate of drug-likeness (QED) is 0.481. The second-order valence-electron chi connectivity index (χ2n) is 1.37. The van der Waals surface area contributed by atoms with E-state index >= 15 is 0 Å². The van der Waals surface area contributed by atoms with Crippen LogP contribution >= 0.6 is 0 Å². The number of nitrogens with zero attached hydrogens (tertiary/aromatic N) is 2. The Morgan fingerprint density at radius 1 is 1.38 bits per heavy atom. The topological polar surface area (TPSA) is 25.8 Å². The molecule has 4 radical (unpaired) electrons. The molecule has 0 aliphatic carbocycles. The van der Waals surface area contributed by atoms with Crippen molar-refractivity contribution in [1.29, 1.82) is 0 Å². The Hall–Kier alpha value is -0.920. The minimum Gasteiger partial charge on any atom is -0.159 e. The second-order valence-corrected chi connectivity index (χ2v) is 1.37. The molecule has 1 aromatic heterocycles. The van der Waals surface area contributed by atoms with Crippen LogP contribution in [0.1, 0.15) is 11.3 Å². The van der Waals surface area contributed by atoms with E-state index < -0.39 is 0 Å². The van der Waals surface area contributed by atoms with Gasteiger partial charge in [0.25, 0.3) is 0 Å². The van der Waals surface area contributed by atoms with Crippen molar-refractivity contribution < 1.29 is 0 Å². The van der Waals surface area contributed by atoms with Crippen LogP contribution in [0, 0.1) is 13.8 Å². The van der Waals surface area contributed by atoms with Gasteiger partial charge in [-0.15, -0.1) is 0 Å². The average molecular weight is 104 g/mol. The predicted octanol–water partition coefficient (Wildman–Crippen LogP) is 0.595. The first-order valence-electron chi connectivity index (χ1n) is 2.13. The van der Waals surface area contributed by atoms with Crippen molar-refractivity contribution in [2.45, 2.75) is 0 Å². The highest BCUT2D eigenvalue weighted by molar-refractivity contribution is 5.21. The third-order valence-electron chi connectivity index (χ3n) is 0.782. The summed E-state index contributed by atoms with van der Waals surface area (Å²) in [7, 11) is 0. The molecule has 0 bridgehead atoms. The molecule has 0 amide bonds. The van der Waals surface area contributed by atoms with Crippen LogP contribution in [-0.2, 0) is 0 Å². The van der Waals surface area contributed by atoms with E-state index in [1.165, 1.54) is 6.20 Å². The molecular weight excluding hydrogens is 100 g/mol. The summed E-state index contributed by atoms with van der Waals surface area (Å²) in [5, 5.41) is 6.97. The molecule has 0 aliphatic heterocycles. The summed E-state index contributed by atoms with van der Waals surface area (Å²) in [4.78, 5) is 0. The lowest BCUT2D eigenvalue weighted by atomic mass is 10.3. The van der Waals surface area contributed by atoms with Crippen molar-refractivity contribution >= 4 is 0 Å². The van der Waals surface area contributed by atoms with Gasteiger partial charge in [-0.25, -0.2) is 0 Å². The van der Waals surface area contributed by atoms with Crippen molar-refractivity contribution in [2.75, 3.05) is 0 Å². The van der Waals surface area contributed by atoms with Crippen molar-refractivity contribution in [3.63, 3.8) is 0 Å². The van der Waals surface area contributed by atoms with Crippen molar-refractivity contribution in [1.82, 2.24) is 10.2 Å². The van der Waals surface area contributed by atoms with E-state index in [9.17, 15) is 0 Å². The van der Waals surface area contributed by atoms with Gasteiger partial charge in [0.2, 0.25) is 0 Å². The molecule has 8 heavy (non-hydrogen) atoms. The Kier molecular flexibility index (Phi) is 1.24. The van der Waals surface area contributed by atoms with Crippen LogP contribution in [0.5, 0.6) is 0 Å². The van der Waals surface area contributed by atoms with E-state index in [4.69, 9.17) is 13.8 Å². The van der Waals surface area contributed by atoms with Gasteiger partial charge in [0, 0.05) is 20.0 Å². The van der Waals surface area contributed by atoms with Crippen molar-refractivity contribution in [2.24, 2.45) is 0 Å². The fourth-order valence-corrected chi connectivity index (χ4v) is 0.352. The van der Waals surface area contributed by atoms with E-state index in [1.807, 2.05) is 0 Å².